The number of likely N-dealkylation sites (N-methyl/N-ethyl adjacent to an activating group) is 1. The van der Waals surface area contributed by atoms with Crippen molar-refractivity contribution in [3.8, 4) is 0 Å². The molecular weight excluding hydrogens is 254 g/mol. The van der Waals surface area contributed by atoms with E-state index in [1.54, 1.807) is 9.47 Å². The number of fused-ring (bicyclic) bond motifs is 1. The van der Waals surface area contributed by atoms with Gasteiger partial charge in [0.2, 0.25) is 5.91 Å². The molecule has 108 valence electrons. The van der Waals surface area contributed by atoms with Gasteiger partial charge in [0.25, 0.3) is 0 Å². The van der Waals surface area contributed by atoms with Crippen LogP contribution >= 0.6 is 0 Å². The molecule has 0 saturated carbocycles. The van der Waals surface area contributed by atoms with E-state index in [-0.39, 0.29) is 19.1 Å². The summed E-state index contributed by atoms with van der Waals surface area (Å²) in [4.78, 5) is 18.3. The van der Waals surface area contributed by atoms with Crippen LogP contribution in [0.3, 0.4) is 0 Å². The number of aliphatic hydroxyl groups excluding tert-OH is 1. The predicted octanol–water partition coefficient (Wildman–Crippen LogP) is 1.79. The van der Waals surface area contributed by atoms with Gasteiger partial charge in [0.15, 0.2) is 0 Å². The fourth-order valence-corrected chi connectivity index (χ4v) is 2.20. The lowest BCUT2D eigenvalue weighted by molar-refractivity contribution is -0.130. The molecule has 0 atom stereocenters. The van der Waals surface area contributed by atoms with Crippen molar-refractivity contribution in [3.63, 3.8) is 0 Å². The second kappa shape index (κ2) is 6.52. The molecule has 2 rings (SSSR count). The Hall–Kier alpha value is -1.88. The highest BCUT2D eigenvalue weighted by Crippen LogP contribution is 2.16. The standard InChI is InChI=1S/C15H21N3O2/c1-3-4-9-17(2)15(20)10-18-13-8-6-5-7-12(13)16-14(18)11-19/h5-8,19H,3-4,9-11H2,1-2H3. The number of rotatable bonds is 6. The van der Waals surface area contributed by atoms with Crippen molar-refractivity contribution in [2.75, 3.05) is 13.6 Å². The van der Waals surface area contributed by atoms with Gasteiger partial charge in [-0.1, -0.05) is 25.5 Å². The molecule has 1 N–H and O–H groups in total. The van der Waals surface area contributed by atoms with Crippen LogP contribution < -0.4 is 0 Å². The Morgan fingerprint density at radius 3 is 2.85 bits per heavy atom. The molecular formula is C15H21N3O2. The number of aliphatic hydroxyl groups is 1. The molecule has 0 unspecified atom stereocenters. The van der Waals surface area contributed by atoms with Crippen LogP contribution in [0.15, 0.2) is 24.3 Å². The summed E-state index contributed by atoms with van der Waals surface area (Å²) < 4.78 is 1.79. The van der Waals surface area contributed by atoms with E-state index in [1.807, 2.05) is 31.3 Å². The van der Waals surface area contributed by atoms with Crippen LogP contribution in [-0.2, 0) is 17.9 Å². The third-order valence-corrected chi connectivity index (χ3v) is 3.44. The average Bonchev–Trinajstić information content (AvgIpc) is 2.82. The number of carbonyl (C=O) groups excluding carboxylic acids is 1. The highest BCUT2D eigenvalue weighted by atomic mass is 16.3. The van der Waals surface area contributed by atoms with E-state index in [1.165, 1.54) is 0 Å². The number of carbonyl (C=O) groups is 1. The van der Waals surface area contributed by atoms with Gasteiger partial charge in [-0.15, -0.1) is 0 Å². The maximum absolute atomic E-state index is 12.2. The number of amides is 1. The zero-order valence-electron chi connectivity index (χ0n) is 12.0. The van der Waals surface area contributed by atoms with Crippen molar-refractivity contribution in [2.45, 2.75) is 32.9 Å². The van der Waals surface area contributed by atoms with E-state index in [0.717, 1.165) is 30.4 Å². The highest BCUT2D eigenvalue weighted by Gasteiger charge is 2.15. The third-order valence-electron chi connectivity index (χ3n) is 3.44. The molecule has 0 aliphatic rings. The Labute approximate surface area is 118 Å². The fraction of sp³-hybridized carbons (Fsp3) is 0.467. The van der Waals surface area contributed by atoms with Crippen LogP contribution in [-0.4, -0.2) is 39.1 Å². The number of hydrogen-bond acceptors (Lipinski definition) is 3. The molecule has 0 bridgehead atoms. The van der Waals surface area contributed by atoms with E-state index in [2.05, 4.69) is 11.9 Å². The number of unbranched alkanes of at least 4 members (excludes halogenated alkanes) is 1. The zero-order chi connectivity index (χ0) is 14.5. The molecule has 0 aliphatic heterocycles. The predicted molar refractivity (Wildman–Crippen MR) is 78.2 cm³/mol. The van der Waals surface area contributed by atoms with Crippen molar-refractivity contribution in [2.24, 2.45) is 0 Å². The maximum Gasteiger partial charge on any atom is 0.242 e. The van der Waals surface area contributed by atoms with Gasteiger partial charge >= 0.3 is 0 Å². The van der Waals surface area contributed by atoms with Gasteiger partial charge in [-0.25, -0.2) is 4.98 Å². The first-order valence-electron chi connectivity index (χ1n) is 6.96. The van der Waals surface area contributed by atoms with E-state index in [4.69, 9.17) is 0 Å². The summed E-state index contributed by atoms with van der Waals surface area (Å²) in [5, 5.41) is 9.40. The number of para-hydroxylation sites is 2. The number of nitrogens with zero attached hydrogens (tertiary/aromatic N) is 3. The molecule has 2 aromatic rings. The first-order chi connectivity index (χ1) is 9.67. The van der Waals surface area contributed by atoms with Gasteiger partial charge in [0, 0.05) is 13.6 Å². The number of benzene rings is 1. The monoisotopic (exact) mass is 275 g/mol. The molecule has 20 heavy (non-hydrogen) atoms. The van der Waals surface area contributed by atoms with Gasteiger partial charge < -0.3 is 14.6 Å². The quantitative estimate of drug-likeness (QED) is 0.874. The Bertz CT molecular complexity index is 592. The Balaban J connectivity index is 2.22. The van der Waals surface area contributed by atoms with E-state index < -0.39 is 0 Å². The highest BCUT2D eigenvalue weighted by molar-refractivity contribution is 5.81. The van der Waals surface area contributed by atoms with Crippen LogP contribution in [0.4, 0.5) is 0 Å². The largest absolute Gasteiger partial charge is 0.388 e. The van der Waals surface area contributed by atoms with Crippen molar-refractivity contribution >= 4 is 16.9 Å². The van der Waals surface area contributed by atoms with E-state index in [9.17, 15) is 9.90 Å². The van der Waals surface area contributed by atoms with Crippen molar-refractivity contribution in [1.29, 1.82) is 0 Å². The molecule has 1 amide bonds. The van der Waals surface area contributed by atoms with Crippen LogP contribution in [0.25, 0.3) is 11.0 Å². The summed E-state index contributed by atoms with van der Waals surface area (Å²) in [6.07, 6.45) is 2.06. The number of imidazole rings is 1. The molecule has 0 fully saturated rings. The van der Waals surface area contributed by atoms with E-state index in [0.29, 0.717) is 5.82 Å². The van der Waals surface area contributed by atoms with Gasteiger partial charge in [0.1, 0.15) is 19.0 Å². The fourth-order valence-electron chi connectivity index (χ4n) is 2.20. The van der Waals surface area contributed by atoms with E-state index >= 15 is 0 Å². The van der Waals surface area contributed by atoms with Crippen molar-refractivity contribution in [1.82, 2.24) is 14.5 Å². The first kappa shape index (κ1) is 14.5. The summed E-state index contributed by atoms with van der Waals surface area (Å²) in [5.74, 6) is 0.569. The Morgan fingerprint density at radius 2 is 2.15 bits per heavy atom. The second-order valence-corrected chi connectivity index (χ2v) is 4.93. The minimum atomic E-state index is -0.166. The van der Waals surface area contributed by atoms with Gasteiger partial charge in [0.05, 0.1) is 11.0 Å². The molecule has 1 aromatic carbocycles. The molecule has 5 heteroatoms. The minimum Gasteiger partial charge on any atom is -0.388 e. The number of aromatic nitrogens is 2. The lowest BCUT2D eigenvalue weighted by Crippen LogP contribution is -2.31. The first-order valence-corrected chi connectivity index (χ1v) is 6.96. The SMILES string of the molecule is CCCCN(C)C(=O)Cn1c(CO)nc2ccccc21. The molecule has 0 aliphatic carbocycles. The molecule has 1 heterocycles. The topological polar surface area (TPSA) is 58.4 Å². The molecule has 5 nitrogen and oxygen atoms in total. The second-order valence-electron chi connectivity index (χ2n) is 4.93. The molecule has 0 saturated heterocycles. The smallest absolute Gasteiger partial charge is 0.242 e. The summed E-state index contributed by atoms with van der Waals surface area (Å²) in [5.41, 5.74) is 1.69. The summed E-state index contributed by atoms with van der Waals surface area (Å²) >= 11 is 0. The van der Waals surface area contributed by atoms with Crippen LogP contribution in [0.1, 0.15) is 25.6 Å². The Morgan fingerprint density at radius 1 is 1.40 bits per heavy atom. The normalized spacial score (nSPS) is 10.9. The van der Waals surface area contributed by atoms with Crippen molar-refractivity contribution < 1.29 is 9.90 Å². The number of hydrogen-bond donors (Lipinski definition) is 1. The maximum atomic E-state index is 12.2. The zero-order valence-corrected chi connectivity index (χ0v) is 12.0. The van der Waals surface area contributed by atoms with Gasteiger partial charge in [-0.3, -0.25) is 4.79 Å². The van der Waals surface area contributed by atoms with Gasteiger partial charge in [-0.05, 0) is 18.6 Å². The molecule has 0 radical (unpaired) electrons. The minimum absolute atomic E-state index is 0.0382. The third kappa shape index (κ3) is 2.99. The van der Waals surface area contributed by atoms with Crippen LogP contribution in [0, 0.1) is 0 Å². The lowest BCUT2D eigenvalue weighted by atomic mass is 10.3. The van der Waals surface area contributed by atoms with Gasteiger partial charge in [-0.2, -0.15) is 0 Å². The summed E-state index contributed by atoms with van der Waals surface area (Å²) in [6.45, 7) is 2.92. The lowest BCUT2D eigenvalue weighted by Gasteiger charge is -2.18. The van der Waals surface area contributed by atoms with Crippen LogP contribution in [0.2, 0.25) is 0 Å². The van der Waals surface area contributed by atoms with Crippen LogP contribution in [0.5, 0.6) is 0 Å². The summed E-state index contributed by atoms with van der Waals surface area (Å²) in [6, 6.07) is 7.61. The molecule has 0 spiro atoms. The Kier molecular flexibility index (Phi) is 4.74. The summed E-state index contributed by atoms with van der Waals surface area (Å²) in [7, 11) is 1.82. The average molecular weight is 275 g/mol. The van der Waals surface area contributed by atoms with Crippen molar-refractivity contribution in [3.05, 3.63) is 30.1 Å². The molecule has 1 aromatic heterocycles.